The SMILES string of the molecule is CCOC(=O)/C(C)=C/CCC[C@H](OC(=O)Nc1ccc(OC)cc1)c1ccc(OCCO)cc1. The molecule has 8 nitrogen and oxygen atoms in total. The second-order valence-electron chi connectivity index (χ2n) is 7.43. The fourth-order valence-electron chi connectivity index (χ4n) is 3.14. The van der Waals surface area contributed by atoms with E-state index in [0.29, 0.717) is 48.6 Å². The van der Waals surface area contributed by atoms with Gasteiger partial charge in [0.2, 0.25) is 0 Å². The van der Waals surface area contributed by atoms with Crippen LogP contribution in [0.25, 0.3) is 0 Å². The molecule has 2 aromatic rings. The highest BCUT2D eigenvalue weighted by atomic mass is 16.6. The minimum absolute atomic E-state index is 0.0717. The summed E-state index contributed by atoms with van der Waals surface area (Å²) in [5, 5.41) is 11.6. The van der Waals surface area contributed by atoms with Crippen molar-refractivity contribution in [3.63, 3.8) is 0 Å². The fraction of sp³-hybridized carbons (Fsp3) is 0.385. The number of rotatable bonds is 13. The largest absolute Gasteiger partial charge is 0.497 e. The van der Waals surface area contributed by atoms with E-state index in [-0.39, 0.29) is 19.2 Å². The van der Waals surface area contributed by atoms with Gasteiger partial charge in [0.05, 0.1) is 20.3 Å². The molecule has 2 N–H and O–H groups in total. The normalized spacial score (nSPS) is 11.9. The van der Waals surface area contributed by atoms with Crippen LogP contribution in [0.1, 0.15) is 44.8 Å². The number of hydrogen-bond donors (Lipinski definition) is 2. The van der Waals surface area contributed by atoms with E-state index in [1.807, 2.05) is 18.2 Å². The zero-order valence-electron chi connectivity index (χ0n) is 19.9. The minimum atomic E-state index is -0.575. The van der Waals surface area contributed by atoms with E-state index in [9.17, 15) is 9.59 Å². The first-order valence-corrected chi connectivity index (χ1v) is 11.3. The highest BCUT2D eigenvalue weighted by Gasteiger charge is 2.17. The molecule has 2 rings (SSSR count). The molecule has 1 atom stereocenters. The van der Waals surface area contributed by atoms with Crippen molar-refractivity contribution in [3.8, 4) is 11.5 Å². The zero-order chi connectivity index (χ0) is 24.8. The lowest BCUT2D eigenvalue weighted by Crippen LogP contribution is -2.17. The molecule has 2 aromatic carbocycles. The summed E-state index contributed by atoms with van der Waals surface area (Å²) in [5.74, 6) is 0.978. The van der Waals surface area contributed by atoms with Gasteiger partial charge in [-0.1, -0.05) is 18.2 Å². The summed E-state index contributed by atoms with van der Waals surface area (Å²) in [6.45, 7) is 3.96. The molecule has 0 spiro atoms. The maximum atomic E-state index is 12.6. The van der Waals surface area contributed by atoms with Gasteiger partial charge in [0.15, 0.2) is 0 Å². The Kier molecular flexibility index (Phi) is 11.5. The number of nitrogens with one attached hydrogen (secondary N) is 1. The van der Waals surface area contributed by atoms with Crippen molar-refractivity contribution in [1.29, 1.82) is 0 Å². The first kappa shape index (κ1) is 26.7. The second kappa shape index (κ2) is 14.6. The molecule has 1 amide bonds. The van der Waals surface area contributed by atoms with Crippen molar-refractivity contribution < 1.29 is 33.6 Å². The Morgan fingerprint density at radius 1 is 1.06 bits per heavy atom. The zero-order valence-corrected chi connectivity index (χ0v) is 19.9. The number of unbranched alkanes of at least 4 members (excludes halogenated alkanes) is 1. The Morgan fingerprint density at radius 2 is 1.74 bits per heavy atom. The van der Waals surface area contributed by atoms with Crippen LogP contribution in [0.3, 0.4) is 0 Å². The van der Waals surface area contributed by atoms with E-state index in [1.165, 1.54) is 0 Å². The molecule has 0 bridgehead atoms. The lowest BCUT2D eigenvalue weighted by molar-refractivity contribution is -0.138. The first-order valence-electron chi connectivity index (χ1n) is 11.3. The van der Waals surface area contributed by atoms with Crippen LogP contribution in [0.2, 0.25) is 0 Å². The van der Waals surface area contributed by atoms with Gasteiger partial charge in [-0.15, -0.1) is 0 Å². The number of amides is 1. The third kappa shape index (κ3) is 9.15. The molecule has 34 heavy (non-hydrogen) atoms. The van der Waals surface area contributed by atoms with Gasteiger partial charge in [-0.3, -0.25) is 5.32 Å². The van der Waals surface area contributed by atoms with Crippen LogP contribution >= 0.6 is 0 Å². The number of aliphatic hydroxyl groups excluding tert-OH is 1. The predicted octanol–water partition coefficient (Wildman–Crippen LogP) is 5.04. The second-order valence-corrected chi connectivity index (χ2v) is 7.43. The highest BCUT2D eigenvalue weighted by Crippen LogP contribution is 2.27. The minimum Gasteiger partial charge on any atom is -0.497 e. The molecule has 0 fully saturated rings. The quantitative estimate of drug-likeness (QED) is 0.240. The summed E-state index contributed by atoms with van der Waals surface area (Å²) < 4.78 is 21.3. The van der Waals surface area contributed by atoms with Gasteiger partial charge in [-0.25, -0.2) is 9.59 Å². The number of ether oxygens (including phenoxy) is 4. The van der Waals surface area contributed by atoms with Gasteiger partial charge in [0.1, 0.15) is 24.2 Å². The Labute approximate surface area is 200 Å². The van der Waals surface area contributed by atoms with Crippen molar-refractivity contribution in [1.82, 2.24) is 0 Å². The van der Waals surface area contributed by atoms with Crippen LogP contribution in [0, 0.1) is 0 Å². The lowest BCUT2D eigenvalue weighted by atomic mass is 10.0. The number of benzene rings is 2. The number of esters is 1. The number of carbonyl (C=O) groups is 2. The van der Waals surface area contributed by atoms with E-state index in [2.05, 4.69) is 5.32 Å². The van der Waals surface area contributed by atoms with Crippen LogP contribution < -0.4 is 14.8 Å². The van der Waals surface area contributed by atoms with Crippen molar-refractivity contribution >= 4 is 17.7 Å². The summed E-state index contributed by atoms with van der Waals surface area (Å²) >= 11 is 0. The van der Waals surface area contributed by atoms with Crippen molar-refractivity contribution in [2.45, 2.75) is 39.2 Å². The molecule has 0 aliphatic rings. The number of anilines is 1. The van der Waals surface area contributed by atoms with E-state index >= 15 is 0 Å². The average Bonchev–Trinajstić information content (AvgIpc) is 2.85. The van der Waals surface area contributed by atoms with Crippen LogP contribution in [0.5, 0.6) is 11.5 Å². The molecule has 0 aromatic heterocycles. The summed E-state index contributed by atoms with van der Waals surface area (Å²) in [5.41, 5.74) is 1.96. The highest BCUT2D eigenvalue weighted by molar-refractivity contribution is 5.87. The van der Waals surface area contributed by atoms with E-state index < -0.39 is 12.2 Å². The molecule has 0 unspecified atom stereocenters. The maximum absolute atomic E-state index is 12.6. The summed E-state index contributed by atoms with van der Waals surface area (Å²) in [6, 6.07) is 14.2. The molecule has 0 aliphatic heterocycles. The van der Waals surface area contributed by atoms with Gasteiger partial charge < -0.3 is 24.1 Å². The van der Waals surface area contributed by atoms with Gasteiger partial charge >= 0.3 is 12.1 Å². The fourth-order valence-corrected chi connectivity index (χ4v) is 3.14. The van der Waals surface area contributed by atoms with E-state index in [0.717, 1.165) is 5.56 Å². The molecule has 0 heterocycles. The van der Waals surface area contributed by atoms with Crippen molar-refractivity contribution in [3.05, 3.63) is 65.7 Å². The number of hydrogen-bond acceptors (Lipinski definition) is 7. The molecular formula is C26H33NO7. The Bertz CT molecular complexity index is 923. The van der Waals surface area contributed by atoms with Gasteiger partial charge in [-0.05, 0) is 75.1 Å². The molecule has 8 heteroatoms. The summed E-state index contributed by atoms with van der Waals surface area (Å²) in [7, 11) is 1.57. The monoisotopic (exact) mass is 471 g/mol. The Hall–Kier alpha value is -3.52. The average molecular weight is 472 g/mol. The molecule has 0 aliphatic carbocycles. The predicted molar refractivity (Wildman–Crippen MR) is 129 cm³/mol. The summed E-state index contributed by atoms with van der Waals surface area (Å²) in [6.07, 6.45) is 2.65. The molecule has 0 saturated carbocycles. The number of methoxy groups -OCH3 is 1. The van der Waals surface area contributed by atoms with Crippen molar-refractivity contribution in [2.24, 2.45) is 0 Å². The smallest absolute Gasteiger partial charge is 0.412 e. The maximum Gasteiger partial charge on any atom is 0.412 e. The third-order valence-corrected chi connectivity index (χ3v) is 4.92. The number of aliphatic hydroxyl groups is 1. The molecule has 184 valence electrons. The van der Waals surface area contributed by atoms with Gasteiger partial charge in [0, 0.05) is 11.3 Å². The first-order chi connectivity index (χ1) is 16.5. The Balaban J connectivity index is 2.04. The van der Waals surface area contributed by atoms with Gasteiger partial charge in [-0.2, -0.15) is 0 Å². The van der Waals surface area contributed by atoms with E-state index in [4.69, 9.17) is 24.1 Å². The Morgan fingerprint density at radius 3 is 2.35 bits per heavy atom. The number of allylic oxidation sites excluding steroid dienone is 1. The van der Waals surface area contributed by atoms with Crippen molar-refractivity contribution in [2.75, 3.05) is 32.2 Å². The third-order valence-electron chi connectivity index (χ3n) is 4.92. The van der Waals surface area contributed by atoms with Crippen LogP contribution in [0.15, 0.2) is 60.2 Å². The summed E-state index contributed by atoms with van der Waals surface area (Å²) in [4.78, 5) is 24.3. The van der Waals surface area contributed by atoms with Crippen LogP contribution in [-0.2, 0) is 14.3 Å². The van der Waals surface area contributed by atoms with E-state index in [1.54, 1.807) is 57.4 Å². The molecule has 0 saturated heterocycles. The topological polar surface area (TPSA) is 103 Å². The lowest BCUT2D eigenvalue weighted by Gasteiger charge is -2.19. The number of carbonyl (C=O) groups excluding carboxylic acids is 2. The molecular weight excluding hydrogens is 438 g/mol. The van der Waals surface area contributed by atoms with Crippen LogP contribution in [-0.4, -0.2) is 44.1 Å². The standard InChI is InChI=1S/C26H33NO7/c1-4-32-25(29)19(2)7-5-6-8-24(20-9-13-23(14-10-20)33-18-17-28)34-26(30)27-21-11-15-22(31-3)16-12-21/h7,9-16,24,28H,4-6,8,17-18H2,1-3H3,(H,27,30)/b19-7+/t24-/m0/s1. The van der Waals surface area contributed by atoms with Crippen LogP contribution in [0.4, 0.5) is 10.5 Å². The van der Waals surface area contributed by atoms with Gasteiger partial charge in [0.25, 0.3) is 0 Å². The molecule has 0 radical (unpaired) electrons.